The van der Waals surface area contributed by atoms with Crippen molar-refractivity contribution >= 4 is 22.4 Å². The van der Waals surface area contributed by atoms with E-state index in [0.29, 0.717) is 22.1 Å². The number of hydrogen-bond donors (Lipinski definition) is 1. The molecule has 2 aromatic heterocycles. The first-order chi connectivity index (χ1) is 12.9. The van der Waals surface area contributed by atoms with Gasteiger partial charge in [-0.05, 0) is 63.2 Å². The zero-order chi connectivity index (χ0) is 18.8. The highest BCUT2D eigenvalue weighted by Gasteiger charge is 2.52. The minimum Gasteiger partial charge on any atom is -0.360 e. The minimum absolute atomic E-state index is 0.117. The Morgan fingerprint density at radius 3 is 2.44 bits per heavy atom. The average Bonchev–Trinajstić information content (AvgIpc) is 3.20. The van der Waals surface area contributed by atoms with Gasteiger partial charge in [0.15, 0.2) is 10.9 Å². The van der Waals surface area contributed by atoms with Crippen LogP contribution in [0.1, 0.15) is 85.8 Å². The zero-order valence-corrected chi connectivity index (χ0v) is 17.1. The average molecular weight is 386 g/mol. The van der Waals surface area contributed by atoms with E-state index in [4.69, 9.17) is 9.51 Å². The third-order valence-corrected chi connectivity index (χ3v) is 7.70. The van der Waals surface area contributed by atoms with Gasteiger partial charge >= 0.3 is 0 Å². The summed E-state index contributed by atoms with van der Waals surface area (Å²) in [6.45, 7) is 5.82. The van der Waals surface area contributed by atoms with Crippen molar-refractivity contribution in [3.8, 4) is 0 Å². The highest BCUT2D eigenvalue weighted by Crippen LogP contribution is 2.60. The molecule has 4 aliphatic rings. The minimum atomic E-state index is -0.163. The second kappa shape index (κ2) is 6.16. The molecule has 144 valence electrons. The number of anilines is 1. The molecule has 27 heavy (non-hydrogen) atoms. The number of hydrogen-bond acceptors (Lipinski definition) is 5. The van der Waals surface area contributed by atoms with E-state index >= 15 is 0 Å². The molecule has 2 heterocycles. The molecule has 4 bridgehead atoms. The molecule has 6 heteroatoms. The number of amides is 1. The molecule has 5 nitrogen and oxygen atoms in total. The van der Waals surface area contributed by atoms with Crippen molar-refractivity contribution in [3.63, 3.8) is 0 Å². The van der Waals surface area contributed by atoms with E-state index in [9.17, 15) is 4.79 Å². The highest BCUT2D eigenvalue weighted by atomic mass is 32.1. The number of nitrogens with one attached hydrogen (secondary N) is 1. The normalized spacial score (nSPS) is 31.6. The molecular weight excluding hydrogens is 358 g/mol. The molecule has 1 amide bonds. The molecule has 0 aromatic carbocycles. The third-order valence-electron chi connectivity index (χ3n) is 6.95. The third kappa shape index (κ3) is 2.84. The van der Waals surface area contributed by atoms with Crippen molar-refractivity contribution in [2.45, 2.75) is 70.6 Å². The predicted molar refractivity (Wildman–Crippen MR) is 105 cm³/mol. The van der Waals surface area contributed by atoms with Gasteiger partial charge in [0.05, 0.1) is 11.4 Å². The summed E-state index contributed by atoms with van der Waals surface area (Å²) in [5.41, 5.74) is 2.67. The Bertz CT molecular complexity index is 847. The molecule has 0 radical (unpaired) electrons. The van der Waals surface area contributed by atoms with Crippen LogP contribution in [-0.4, -0.2) is 16.0 Å². The SMILES string of the molecule is Cc1noc(C(C)C)c1C(=O)Nc1nc(C23CC4CC(CC(C4)C2)C3)cs1. The lowest BCUT2D eigenvalue weighted by atomic mass is 9.49. The van der Waals surface area contributed by atoms with Crippen molar-refractivity contribution < 1.29 is 9.32 Å². The summed E-state index contributed by atoms with van der Waals surface area (Å²) in [6, 6.07) is 0. The molecule has 6 rings (SSSR count). The number of aryl methyl sites for hydroxylation is 1. The number of carbonyl (C=O) groups is 1. The number of rotatable bonds is 4. The largest absolute Gasteiger partial charge is 0.360 e. The Morgan fingerprint density at radius 1 is 1.22 bits per heavy atom. The lowest BCUT2D eigenvalue weighted by molar-refractivity contribution is -0.00688. The van der Waals surface area contributed by atoms with E-state index in [-0.39, 0.29) is 17.2 Å². The van der Waals surface area contributed by atoms with Crippen molar-refractivity contribution in [1.82, 2.24) is 10.1 Å². The van der Waals surface area contributed by atoms with Crippen LogP contribution in [0.4, 0.5) is 5.13 Å². The summed E-state index contributed by atoms with van der Waals surface area (Å²) in [4.78, 5) is 17.7. The van der Waals surface area contributed by atoms with Crippen LogP contribution < -0.4 is 5.32 Å². The molecule has 4 saturated carbocycles. The van der Waals surface area contributed by atoms with Gasteiger partial charge in [-0.15, -0.1) is 11.3 Å². The topological polar surface area (TPSA) is 68.0 Å². The van der Waals surface area contributed by atoms with Gasteiger partial charge in [-0.3, -0.25) is 10.1 Å². The second-order valence-corrected chi connectivity index (χ2v) is 10.2. The summed E-state index contributed by atoms with van der Waals surface area (Å²) < 4.78 is 5.36. The number of thiazole rings is 1. The van der Waals surface area contributed by atoms with Gasteiger partial charge in [0.25, 0.3) is 5.91 Å². The van der Waals surface area contributed by atoms with E-state index in [1.165, 1.54) is 44.2 Å². The van der Waals surface area contributed by atoms with Gasteiger partial charge in [0.2, 0.25) is 0 Å². The fraction of sp³-hybridized carbons (Fsp3) is 0.667. The maximum Gasteiger partial charge on any atom is 0.262 e. The molecule has 2 aromatic rings. The van der Waals surface area contributed by atoms with Gasteiger partial charge in [0.1, 0.15) is 5.56 Å². The summed E-state index contributed by atoms with van der Waals surface area (Å²) in [6.07, 6.45) is 8.16. The standard InChI is InChI=1S/C21H27N3O2S/c1-11(2)18-17(12(3)24-26-18)19(25)23-20-22-16(10-27-20)21-7-13-4-14(8-21)6-15(5-13)9-21/h10-11,13-15H,4-9H2,1-3H3,(H,22,23,25). The quantitative estimate of drug-likeness (QED) is 0.777. The van der Waals surface area contributed by atoms with E-state index in [1.807, 2.05) is 20.8 Å². The summed E-state index contributed by atoms with van der Waals surface area (Å²) >= 11 is 1.55. The molecule has 4 fully saturated rings. The first-order valence-electron chi connectivity index (χ1n) is 10.2. The molecular formula is C21H27N3O2S. The van der Waals surface area contributed by atoms with Crippen LogP contribution in [0.3, 0.4) is 0 Å². The van der Waals surface area contributed by atoms with Crippen molar-refractivity contribution in [2.75, 3.05) is 5.32 Å². The molecule has 0 saturated heterocycles. The molecule has 0 unspecified atom stereocenters. The Kier molecular flexibility index (Phi) is 3.97. The molecule has 0 spiro atoms. The lowest BCUT2D eigenvalue weighted by Gasteiger charge is -2.56. The van der Waals surface area contributed by atoms with Gasteiger partial charge in [0, 0.05) is 16.7 Å². The van der Waals surface area contributed by atoms with E-state index in [1.54, 1.807) is 11.3 Å². The first kappa shape index (κ1) is 17.4. The van der Waals surface area contributed by atoms with Crippen molar-refractivity contribution in [3.05, 3.63) is 28.1 Å². The summed E-state index contributed by atoms with van der Waals surface area (Å²) in [7, 11) is 0. The van der Waals surface area contributed by atoms with E-state index in [0.717, 1.165) is 17.8 Å². The number of carbonyl (C=O) groups excluding carboxylic acids is 1. The summed E-state index contributed by atoms with van der Waals surface area (Å²) in [5.74, 6) is 3.27. The van der Waals surface area contributed by atoms with Gasteiger partial charge in [-0.25, -0.2) is 4.98 Å². The Balaban J connectivity index is 1.38. The Labute approximate surface area is 163 Å². The fourth-order valence-electron chi connectivity index (χ4n) is 6.22. The van der Waals surface area contributed by atoms with Crippen molar-refractivity contribution in [2.24, 2.45) is 17.8 Å². The zero-order valence-electron chi connectivity index (χ0n) is 16.2. The van der Waals surface area contributed by atoms with Crippen LogP contribution in [0.5, 0.6) is 0 Å². The first-order valence-corrected chi connectivity index (χ1v) is 11.0. The molecule has 0 aliphatic heterocycles. The maximum absolute atomic E-state index is 12.8. The fourth-order valence-corrected chi connectivity index (χ4v) is 7.04. The maximum atomic E-state index is 12.8. The molecule has 4 aliphatic carbocycles. The molecule has 0 atom stereocenters. The van der Waals surface area contributed by atoms with E-state index < -0.39 is 0 Å². The van der Waals surface area contributed by atoms with Gasteiger partial charge in [-0.1, -0.05) is 19.0 Å². The van der Waals surface area contributed by atoms with Crippen LogP contribution in [0.15, 0.2) is 9.90 Å². The van der Waals surface area contributed by atoms with Crippen LogP contribution in [0.25, 0.3) is 0 Å². The Hall–Kier alpha value is -1.69. The van der Waals surface area contributed by atoms with Crippen LogP contribution in [-0.2, 0) is 5.41 Å². The van der Waals surface area contributed by atoms with Crippen molar-refractivity contribution in [1.29, 1.82) is 0 Å². The van der Waals surface area contributed by atoms with Crippen LogP contribution >= 0.6 is 11.3 Å². The van der Waals surface area contributed by atoms with E-state index in [2.05, 4.69) is 15.9 Å². The monoisotopic (exact) mass is 385 g/mol. The number of nitrogens with zero attached hydrogens (tertiary/aromatic N) is 2. The van der Waals surface area contributed by atoms with Gasteiger partial charge in [-0.2, -0.15) is 0 Å². The van der Waals surface area contributed by atoms with Gasteiger partial charge < -0.3 is 4.52 Å². The Morgan fingerprint density at radius 2 is 1.85 bits per heavy atom. The van der Waals surface area contributed by atoms with Crippen LogP contribution in [0, 0.1) is 24.7 Å². The smallest absolute Gasteiger partial charge is 0.262 e. The lowest BCUT2D eigenvalue weighted by Crippen LogP contribution is -2.48. The predicted octanol–water partition coefficient (Wildman–Crippen LogP) is 5.28. The number of aromatic nitrogens is 2. The summed E-state index contributed by atoms with van der Waals surface area (Å²) in [5, 5.41) is 9.86. The van der Waals surface area contributed by atoms with Crippen LogP contribution in [0.2, 0.25) is 0 Å². The highest BCUT2D eigenvalue weighted by molar-refractivity contribution is 7.14. The second-order valence-electron chi connectivity index (χ2n) is 9.35. The molecule has 1 N–H and O–H groups in total.